The molecule has 1 spiro atoms. The fraction of sp³-hybridized carbons (Fsp3) is 0.429. The van der Waals surface area contributed by atoms with Crippen LogP contribution in [0, 0.1) is 16.7 Å². The van der Waals surface area contributed by atoms with Gasteiger partial charge in [-0.3, -0.25) is 14.5 Å². The van der Waals surface area contributed by atoms with Crippen molar-refractivity contribution >= 4 is 34.0 Å². The molecule has 2 aliphatic rings. The number of hydrogen-bond acceptors (Lipinski definition) is 6. The molecule has 3 heterocycles. The smallest absolute Gasteiger partial charge is 0.227 e. The summed E-state index contributed by atoms with van der Waals surface area (Å²) in [6.07, 6.45) is 4.39. The lowest BCUT2D eigenvalue weighted by atomic mass is 9.77. The molecule has 1 aromatic heterocycles. The van der Waals surface area contributed by atoms with Gasteiger partial charge in [0.2, 0.25) is 11.8 Å². The summed E-state index contributed by atoms with van der Waals surface area (Å²) in [5, 5.41) is 12.3. The lowest BCUT2D eigenvalue weighted by Crippen LogP contribution is -2.41. The molecule has 0 aliphatic carbocycles. The summed E-state index contributed by atoms with van der Waals surface area (Å²) in [6, 6.07) is 9.37. The Bertz CT molecular complexity index is 954. The number of amides is 2. The highest BCUT2D eigenvalue weighted by molar-refractivity contribution is 7.15. The van der Waals surface area contributed by atoms with E-state index in [2.05, 4.69) is 21.3 Å². The Morgan fingerprint density at radius 1 is 1.31 bits per heavy atom. The normalized spacial score (nSPS) is 18.8. The van der Waals surface area contributed by atoms with Crippen molar-refractivity contribution in [2.75, 3.05) is 29.9 Å². The minimum atomic E-state index is -0.108. The van der Waals surface area contributed by atoms with Crippen molar-refractivity contribution in [2.24, 2.45) is 5.41 Å². The lowest BCUT2D eigenvalue weighted by molar-refractivity contribution is -0.118. The van der Waals surface area contributed by atoms with Crippen molar-refractivity contribution in [2.45, 2.75) is 32.7 Å². The summed E-state index contributed by atoms with van der Waals surface area (Å²) in [7, 11) is 0. The topological polar surface area (TPSA) is 89.3 Å². The van der Waals surface area contributed by atoms with Crippen LogP contribution in [0.1, 0.15) is 36.6 Å². The third-order valence-electron chi connectivity index (χ3n) is 5.76. The Morgan fingerprint density at radius 3 is 2.69 bits per heavy atom. The number of hydrogen-bond donors (Lipinski definition) is 1. The molecular weight excluding hydrogens is 386 g/mol. The fourth-order valence-corrected chi connectivity index (χ4v) is 5.08. The van der Waals surface area contributed by atoms with E-state index >= 15 is 0 Å². The second-order valence-electron chi connectivity index (χ2n) is 7.90. The van der Waals surface area contributed by atoms with E-state index in [0.717, 1.165) is 49.6 Å². The summed E-state index contributed by atoms with van der Waals surface area (Å²) < 4.78 is 0. The molecule has 0 unspecified atom stereocenters. The van der Waals surface area contributed by atoms with E-state index < -0.39 is 0 Å². The van der Waals surface area contributed by atoms with Crippen LogP contribution in [0.5, 0.6) is 0 Å². The minimum Gasteiger partial charge on any atom is -0.312 e. The Kier molecular flexibility index (Phi) is 5.35. The molecule has 150 valence electrons. The van der Waals surface area contributed by atoms with Gasteiger partial charge in [0.05, 0.1) is 11.6 Å². The highest BCUT2D eigenvalue weighted by atomic mass is 32.1. The van der Waals surface area contributed by atoms with Gasteiger partial charge in [0, 0.05) is 43.2 Å². The molecule has 29 heavy (non-hydrogen) atoms. The van der Waals surface area contributed by atoms with Crippen molar-refractivity contribution in [1.29, 1.82) is 5.26 Å². The fourth-order valence-electron chi connectivity index (χ4n) is 4.18. The predicted octanol–water partition coefficient (Wildman–Crippen LogP) is 2.99. The zero-order valence-electron chi connectivity index (χ0n) is 16.4. The van der Waals surface area contributed by atoms with Crippen molar-refractivity contribution in [3.05, 3.63) is 40.9 Å². The number of benzene rings is 1. The Hall–Kier alpha value is -2.76. The third-order valence-corrected chi connectivity index (χ3v) is 6.66. The van der Waals surface area contributed by atoms with Gasteiger partial charge in [-0.1, -0.05) is 0 Å². The molecule has 8 heteroatoms. The zero-order chi connectivity index (χ0) is 20.4. The second kappa shape index (κ2) is 7.93. The first kappa shape index (κ1) is 19.6. The number of thiazole rings is 1. The van der Waals surface area contributed by atoms with Crippen LogP contribution in [0.4, 0.5) is 10.8 Å². The second-order valence-corrected chi connectivity index (χ2v) is 9.02. The number of likely N-dealkylation sites (tertiary alicyclic amines) is 1. The Morgan fingerprint density at radius 2 is 2.03 bits per heavy atom. The molecule has 7 nitrogen and oxygen atoms in total. The number of rotatable bonds is 4. The number of carbonyl (C=O) groups excluding carboxylic acids is 2. The molecule has 2 aliphatic heterocycles. The number of nitrogens with one attached hydrogen (secondary N) is 1. The maximum Gasteiger partial charge on any atom is 0.227 e. The van der Waals surface area contributed by atoms with Crippen LogP contribution in [-0.4, -0.2) is 41.3 Å². The van der Waals surface area contributed by atoms with Gasteiger partial charge in [0.15, 0.2) is 5.13 Å². The molecule has 2 fully saturated rings. The molecule has 0 radical (unpaired) electrons. The molecular formula is C21H23N5O2S. The van der Waals surface area contributed by atoms with Gasteiger partial charge in [-0.05, 0) is 55.6 Å². The van der Waals surface area contributed by atoms with E-state index in [1.807, 2.05) is 23.2 Å². The highest BCUT2D eigenvalue weighted by Gasteiger charge is 2.45. The van der Waals surface area contributed by atoms with Crippen LogP contribution in [0.15, 0.2) is 30.5 Å². The monoisotopic (exact) mass is 409 g/mol. The average molecular weight is 410 g/mol. The lowest BCUT2D eigenvalue weighted by Gasteiger charge is -2.38. The molecule has 4 rings (SSSR count). The van der Waals surface area contributed by atoms with Gasteiger partial charge < -0.3 is 10.2 Å². The van der Waals surface area contributed by atoms with E-state index in [1.165, 1.54) is 18.3 Å². The van der Waals surface area contributed by atoms with Crippen LogP contribution in [0.25, 0.3) is 0 Å². The first-order chi connectivity index (χ1) is 14.0. The van der Waals surface area contributed by atoms with Gasteiger partial charge in [0.25, 0.3) is 0 Å². The molecule has 0 atom stereocenters. The van der Waals surface area contributed by atoms with Crippen LogP contribution in [-0.2, 0) is 16.1 Å². The maximum atomic E-state index is 12.7. The van der Waals surface area contributed by atoms with Crippen LogP contribution < -0.4 is 10.2 Å². The summed E-state index contributed by atoms with van der Waals surface area (Å²) in [5.74, 6) is 0.0640. The SMILES string of the molecule is CC(=O)Nc1ncc(CN2CCC3(CC2)CC(=O)N(c2ccc(C#N)cc2)C3)s1. The molecule has 0 bridgehead atoms. The van der Waals surface area contributed by atoms with E-state index in [1.54, 1.807) is 12.1 Å². The average Bonchev–Trinajstić information content (AvgIpc) is 3.27. The highest BCUT2D eigenvalue weighted by Crippen LogP contribution is 2.43. The summed E-state index contributed by atoms with van der Waals surface area (Å²) >= 11 is 1.51. The largest absolute Gasteiger partial charge is 0.312 e. The molecule has 1 N–H and O–H groups in total. The van der Waals surface area contributed by atoms with E-state index in [4.69, 9.17) is 5.26 Å². The summed E-state index contributed by atoms with van der Waals surface area (Å²) in [5.41, 5.74) is 1.52. The van der Waals surface area contributed by atoms with Crippen molar-refractivity contribution in [1.82, 2.24) is 9.88 Å². The van der Waals surface area contributed by atoms with Gasteiger partial charge in [-0.25, -0.2) is 4.98 Å². The number of aromatic nitrogens is 1. The predicted molar refractivity (Wildman–Crippen MR) is 111 cm³/mol. The first-order valence-corrected chi connectivity index (χ1v) is 10.5. The van der Waals surface area contributed by atoms with Crippen molar-refractivity contribution in [3.63, 3.8) is 0 Å². The molecule has 2 amide bonds. The van der Waals surface area contributed by atoms with Crippen LogP contribution in [0.2, 0.25) is 0 Å². The molecule has 1 aromatic carbocycles. The van der Waals surface area contributed by atoms with Crippen molar-refractivity contribution in [3.8, 4) is 6.07 Å². The minimum absolute atomic E-state index is 0.0382. The number of carbonyl (C=O) groups is 2. The van der Waals surface area contributed by atoms with Crippen molar-refractivity contribution < 1.29 is 9.59 Å². The Labute approximate surface area is 174 Å². The standard InChI is InChI=1S/C21H23N5O2S/c1-15(27)24-20-23-12-18(29-20)13-25-8-6-21(7-9-25)10-19(28)26(14-21)17-4-2-16(11-22)3-5-17/h2-5,12H,6-10,13-14H2,1H3,(H,23,24,27). The van der Waals surface area contributed by atoms with Gasteiger partial charge in [0.1, 0.15) is 0 Å². The van der Waals surface area contributed by atoms with Crippen LogP contribution in [0.3, 0.4) is 0 Å². The van der Waals surface area contributed by atoms with Gasteiger partial charge in [-0.2, -0.15) is 5.26 Å². The third kappa shape index (κ3) is 4.31. The number of nitrogens with zero attached hydrogens (tertiary/aromatic N) is 4. The maximum absolute atomic E-state index is 12.7. The number of nitriles is 1. The number of anilines is 2. The van der Waals surface area contributed by atoms with Crippen LogP contribution >= 0.6 is 11.3 Å². The molecule has 2 aromatic rings. The summed E-state index contributed by atoms with van der Waals surface area (Å²) in [4.78, 5) is 33.5. The Balaban J connectivity index is 1.35. The van der Waals surface area contributed by atoms with Gasteiger partial charge in [-0.15, -0.1) is 11.3 Å². The number of piperidine rings is 1. The van der Waals surface area contributed by atoms with E-state index in [9.17, 15) is 9.59 Å². The quantitative estimate of drug-likeness (QED) is 0.838. The van der Waals surface area contributed by atoms with E-state index in [-0.39, 0.29) is 17.2 Å². The zero-order valence-corrected chi connectivity index (χ0v) is 17.2. The first-order valence-electron chi connectivity index (χ1n) is 9.72. The van der Waals surface area contributed by atoms with Gasteiger partial charge >= 0.3 is 0 Å². The molecule has 2 saturated heterocycles. The molecule has 0 saturated carbocycles. The van der Waals surface area contributed by atoms with E-state index in [0.29, 0.717) is 17.1 Å². The summed E-state index contributed by atoms with van der Waals surface area (Å²) in [6.45, 7) is 4.94.